The molecule has 0 unspecified atom stereocenters. The van der Waals surface area contributed by atoms with Crippen molar-refractivity contribution in [1.82, 2.24) is 5.32 Å². The van der Waals surface area contributed by atoms with Crippen LogP contribution in [0.15, 0.2) is 60.0 Å². The Kier molecular flexibility index (Phi) is 5.42. The summed E-state index contributed by atoms with van der Waals surface area (Å²) in [7, 11) is 0. The van der Waals surface area contributed by atoms with Crippen LogP contribution < -0.4 is 11.1 Å². The summed E-state index contributed by atoms with van der Waals surface area (Å²) in [5.41, 5.74) is 5.96. The number of hydrogen-bond acceptors (Lipinski definition) is 5. The third-order valence-electron chi connectivity index (χ3n) is 4.58. The van der Waals surface area contributed by atoms with Crippen molar-refractivity contribution in [3.63, 3.8) is 0 Å². The van der Waals surface area contributed by atoms with Gasteiger partial charge in [-0.3, -0.25) is 10.2 Å². The molecule has 0 saturated carbocycles. The van der Waals surface area contributed by atoms with E-state index in [1.807, 2.05) is 47.8 Å². The second-order valence-electron chi connectivity index (χ2n) is 6.50. The predicted octanol–water partition coefficient (Wildman–Crippen LogP) is 5.07. The van der Waals surface area contributed by atoms with E-state index in [1.54, 1.807) is 11.3 Å². The SMILES string of the molecule is N=C(c1cc2ccccc2s1)c1c(N)ccc(C(=O)NCCc2cccs2)c1F. The van der Waals surface area contributed by atoms with Crippen molar-refractivity contribution < 1.29 is 9.18 Å². The average Bonchev–Trinajstić information content (AvgIpc) is 3.37. The Morgan fingerprint density at radius 3 is 2.72 bits per heavy atom. The van der Waals surface area contributed by atoms with Gasteiger partial charge in [0.1, 0.15) is 5.82 Å². The van der Waals surface area contributed by atoms with Crippen molar-refractivity contribution in [2.45, 2.75) is 6.42 Å². The van der Waals surface area contributed by atoms with E-state index in [-0.39, 0.29) is 22.5 Å². The monoisotopic (exact) mass is 423 g/mol. The van der Waals surface area contributed by atoms with Crippen LogP contribution >= 0.6 is 22.7 Å². The number of carbonyl (C=O) groups is 1. The first-order chi connectivity index (χ1) is 14.0. The fraction of sp³-hybridized carbons (Fsp3) is 0.0909. The minimum absolute atomic E-state index is 0.0190. The van der Waals surface area contributed by atoms with Crippen LogP contribution in [0.1, 0.15) is 25.7 Å². The zero-order valence-corrected chi connectivity index (χ0v) is 17.0. The number of nitrogens with two attached hydrogens (primary N) is 1. The highest BCUT2D eigenvalue weighted by Gasteiger charge is 2.22. The van der Waals surface area contributed by atoms with Crippen molar-refractivity contribution >= 4 is 50.1 Å². The lowest BCUT2D eigenvalue weighted by atomic mass is 10.0. The van der Waals surface area contributed by atoms with Crippen molar-refractivity contribution in [1.29, 1.82) is 5.41 Å². The first-order valence-electron chi connectivity index (χ1n) is 9.01. The molecule has 1 amide bonds. The van der Waals surface area contributed by atoms with Gasteiger partial charge in [0, 0.05) is 21.8 Å². The van der Waals surface area contributed by atoms with Gasteiger partial charge in [0.15, 0.2) is 0 Å². The first kappa shape index (κ1) is 19.3. The van der Waals surface area contributed by atoms with Crippen LogP contribution in [-0.2, 0) is 6.42 Å². The van der Waals surface area contributed by atoms with E-state index in [1.165, 1.54) is 23.5 Å². The smallest absolute Gasteiger partial charge is 0.254 e. The summed E-state index contributed by atoms with van der Waals surface area (Å²) in [6.07, 6.45) is 0.685. The van der Waals surface area contributed by atoms with Crippen LogP contribution in [-0.4, -0.2) is 18.2 Å². The van der Waals surface area contributed by atoms with Crippen molar-refractivity contribution in [3.8, 4) is 0 Å². The number of thiophene rings is 2. The lowest BCUT2D eigenvalue weighted by Gasteiger charge is -2.12. The third kappa shape index (κ3) is 3.92. The van der Waals surface area contributed by atoms with E-state index in [0.29, 0.717) is 17.8 Å². The number of halogens is 1. The van der Waals surface area contributed by atoms with Crippen LogP contribution in [0.3, 0.4) is 0 Å². The minimum atomic E-state index is -0.763. The summed E-state index contributed by atoms with van der Waals surface area (Å²) in [6.45, 7) is 0.409. The molecular weight excluding hydrogens is 405 g/mol. The van der Waals surface area contributed by atoms with Gasteiger partial charge in [0.2, 0.25) is 0 Å². The molecule has 29 heavy (non-hydrogen) atoms. The molecule has 0 aliphatic carbocycles. The Labute approximate surface area is 175 Å². The number of rotatable bonds is 6. The molecule has 0 aliphatic rings. The van der Waals surface area contributed by atoms with Gasteiger partial charge in [-0.2, -0.15) is 0 Å². The van der Waals surface area contributed by atoms with Gasteiger partial charge in [0.05, 0.1) is 21.7 Å². The standard InChI is InChI=1S/C22H18FN3OS2/c23-20-15(22(27)26-10-9-14-5-3-11-28-14)7-8-16(24)19(20)21(25)18-12-13-4-1-2-6-17(13)29-18/h1-8,11-12,25H,9-10,24H2,(H,26,27). The van der Waals surface area contributed by atoms with E-state index in [0.717, 1.165) is 15.0 Å². The number of benzene rings is 2. The Balaban J connectivity index is 1.58. The molecule has 4 nitrogen and oxygen atoms in total. The quantitative estimate of drug-likeness (QED) is 0.299. The highest BCUT2D eigenvalue weighted by molar-refractivity contribution is 7.21. The van der Waals surface area contributed by atoms with E-state index in [4.69, 9.17) is 11.1 Å². The van der Waals surface area contributed by atoms with Crippen molar-refractivity contribution in [2.24, 2.45) is 0 Å². The Morgan fingerprint density at radius 1 is 1.14 bits per heavy atom. The molecule has 0 aliphatic heterocycles. The van der Waals surface area contributed by atoms with Crippen LogP contribution in [0.5, 0.6) is 0 Å². The number of nitrogen functional groups attached to an aromatic ring is 1. The van der Waals surface area contributed by atoms with Crippen molar-refractivity contribution in [3.05, 3.63) is 86.7 Å². The van der Waals surface area contributed by atoms with Gasteiger partial charge in [-0.15, -0.1) is 22.7 Å². The van der Waals surface area contributed by atoms with Crippen LogP contribution in [0, 0.1) is 11.2 Å². The second kappa shape index (κ2) is 8.14. The molecule has 4 N–H and O–H groups in total. The van der Waals surface area contributed by atoms with Gasteiger partial charge in [-0.05, 0) is 47.5 Å². The first-order valence-corrected chi connectivity index (χ1v) is 10.7. The number of carbonyl (C=O) groups excluding carboxylic acids is 1. The molecule has 0 radical (unpaired) electrons. The summed E-state index contributed by atoms with van der Waals surface area (Å²) in [5, 5.41) is 14.2. The van der Waals surface area contributed by atoms with Gasteiger partial charge >= 0.3 is 0 Å². The van der Waals surface area contributed by atoms with Gasteiger partial charge in [-0.1, -0.05) is 24.3 Å². The molecule has 4 rings (SSSR count). The minimum Gasteiger partial charge on any atom is -0.398 e. The summed E-state index contributed by atoms with van der Waals surface area (Å²) >= 11 is 3.01. The number of fused-ring (bicyclic) bond motifs is 1. The van der Waals surface area contributed by atoms with E-state index in [9.17, 15) is 4.79 Å². The van der Waals surface area contributed by atoms with Gasteiger partial charge in [0.25, 0.3) is 5.91 Å². The lowest BCUT2D eigenvalue weighted by Crippen LogP contribution is -2.27. The average molecular weight is 424 g/mol. The van der Waals surface area contributed by atoms with Gasteiger partial charge < -0.3 is 11.1 Å². The summed E-state index contributed by atoms with van der Waals surface area (Å²) < 4.78 is 16.2. The molecule has 146 valence electrons. The Morgan fingerprint density at radius 2 is 1.97 bits per heavy atom. The fourth-order valence-electron chi connectivity index (χ4n) is 3.10. The second-order valence-corrected chi connectivity index (χ2v) is 8.62. The van der Waals surface area contributed by atoms with E-state index >= 15 is 4.39 Å². The number of hydrogen-bond donors (Lipinski definition) is 3. The molecule has 0 saturated heterocycles. The summed E-state index contributed by atoms with van der Waals surface area (Å²) in [6, 6.07) is 16.4. The zero-order chi connectivity index (χ0) is 20.4. The van der Waals surface area contributed by atoms with Gasteiger partial charge in [-0.25, -0.2) is 4.39 Å². The molecule has 2 heterocycles. The summed E-state index contributed by atoms with van der Waals surface area (Å²) in [5.74, 6) is -1.27. The number of amides is 1. The predicted molar refractivity (Wildman–Crippen MR) is 119 cm³/mol. The largest absolute Gasteiger partial charge is 0.398 e. The number of nitrogens with one attached hydrogen (secondary N) is 2. The Hall–Kier alpha value is -3.03. The Bertz CT molecular complexity index is 1170. The van der Waals surface area contributed by atoms with E-state index < -0.39 is 11.7 Å². The molecule has 0 spiro atoms. The molecule has 0 atom stereocenters. The summed E-state index contributed by atoms with van der Waals surface area (Å²) in [4.78, 5) is 14.3. The highest BCUT2D eigenvalue weighted by Crippen LogP contribution is 2.30. The molecule has 0 bridgehead atoms. The van der Waals surface area contributed by atoms with Crippen LogP contribution in [0.2, 0.25) is 0 Å². The maximum atomic E-state index is 15.2. The molecule has 2 aromatic heterocycles. The topological polar surface area (TPSA) is 79.0 Å². The molecule has 2 aromatic carbocycles. The molecule has 4 aromatic rings. The molecular formula is C22H18FN3OS2. The fourth-order valence-corrected chi connectivity index (χ4v) is 4.83. The normalized spacial score (nSPS) is 10.9. The molecule has 7 heteroatoms. The van der Waals surface area contributed by atoms with Crippen LogP contribution in [0.4, 0.5) is 10.1 Å². The van der Waals surface area contributed by atoms with E-state index in [2.05, 4.69) is 5.32 Å². The third-order valence-corrected chi connectivity index (χ3v) is 6.65. The maximum absolute atomic E-state index is 15.2. The van der Waals surface area contributed by atoms with Crippen molar-refractivity contribution in [2.75, 3.05) is 12.3 Å². The van der Waals surface area contributed by atoms with Crippen LogP contribution in [0.25, 0.3) is 10.1 Å². The maximum Gasteiger partial charge on any atom is 0.254 e. The lowest BCUT2D eigenvalue weighted by molar-refractivity contribution is 0.0950. The molecule has 0 fully saturated rings. The number of anilines is 1. The zero-order valence-electron chi connectivity index (χ0n) is 15.4. The highest BCUT2D eigenvalue weighted by atomic mass is 32.1.